The second-order valence-corrected chi connectivity index (χ2v) is 3.64. The SMILES string of the molecule is Cc1cc(CN)c(O)c(Br)c1C. The van der Waals surface area contributed by atoms with Gasteiger partial charge in [0.2, 0.25) is 0 Å². The Morgan fingerprint density at radius 2 is 2.08 bits per heavy atom. The highest BCUT2D eigenvalue weighted by atomic mass is 79.9. The molecule has 0 aliphatic heterocycles. The van der Waals surface area contributed by atoms with E-state index in [2.05, 4.69) is 15.9 Å². The van der Waals surface area contributed by atoms with Crippen molar-refractivity contribution >= 4 is 15.9 Å². The van der Waals surface area contributed by atoms with Crippen molar-refractivity contribution in [3.05, 3.63) is 27.2 Å². The molecule has 0 bridgehead atoms. The normalized spacial score (nSPS) is 10.3. The van der Waals surface area contributed by atoms with Gasteiger partial charge in [0.25, 0.3) is 0 Å². The van der Waals surface area contributed by atoms with Crippen LogP contribution in [-0.4, -0.2) is 5.11 Å². The maximum Gasteiger partial charge on any atom is 0.134 e. The van der Waals surface area contributed by atoms with Gasteiger partial charge in [-0.05, 0) is 40.9 Å². The van der Waals surface area contributed by atoms with E-state index in [-0.39, 0.29) is 5.75 Å². The summed E-state index contributed by atoms with van der Waals surface area (Å²) in [6, 6.07) is 1.91. The molecule has 0 spiro atoms. The Balaban J connectivity index is 3.39. The molecule has 1 rings (SSSR count). The standard InChI is InChI=1S/C9H12BrNO/c1-5-3-7(4-11)9(12)8(10)6(5)2/h3,12H,4,11H2,1-2H3. The fraction of sp³-hybridized carbons (Fsp3) is 0.333. The molecule has 0 radical (unpaired) electrons. The van der Waals surface area contributed by atoms with Crippen molar-refractivity contribution in [1.82, 2.24) is 0 Å². The Bertz CT molecular complexity index is 310. The summed E-state index contributed by atoms with van der Waals surface area (Å²) < 4.78 is 0.753. The van der Waals surface area contributed by atoms with Crippen LogP contribution in [0.15, 0.2) is 10.5 Å². The molecule has 0 atom stereocenters. The van der Waals surface area contributed by atoms with Gasteiger partial charge in [-0.2, -0.15) is 0 Å². The molecule has 0 unspecified atom stereocenters. The van der Waals surface area contributed by atoms with Crippen molar-refractivity contribution in [1.29, 1.82) is 0 Å². The van der Waals surface area contributed by atoms with Crippen molar-refractivity contribution in [3.8, 4) is 5.75 Å². The number of aryl methyl sites for hydroxylation is 1. The van der Waals surface area contributed by atoms with Crippen LogP contribution in [0.3, 0.4) is 0 Å². The van der Waals surface area contributed by atoms with Gasteiger partial charge in [0.15, 0.2) is 0 Å². The van der Waals surface area contributed by atoms with E-state index in [1.807, 2.05) is 19.9 Å². The van der Waals surface area contributed by atoms with Crippen molar-refractivity contribution in [2.75, 3.05) is 0 Å². The lowest BCUT2D eigenvalue weighted by atomic mass is 10.1. The fourth-order valence-electron chi connectivity index (χ4n) is 1.09. The van der Waals surface area contributed by atoms with Crippen LogP contribution in [0.4, 0.5) is 0 Å². The van der Waals surface area contributed by atoms with Gasteiger partial charge in [-0.25, -0.2) is 0 Å². The Kier molecular flexibility index (Phi) is 2.75. The van der Waals surface area contributed by atoms with Gasteiger partial charge in [0, 0.05) is 12.1 Å². The zero-order valence-electron chi connectivity index (χ0n) is 7.19. The van der Waals surface area contributed by atoms with E-state index in [1.54, 1.807) is 0 Å². The van der Waals surface area contributed by atoms with Crippen LogP contribution in [0, 0.1) is 13.8 Å². The van der Waals surface area contributed by atoms with E-state index >= 15 is 0 Å². The number of hydrogen-bond donors (Lipinski definition) is 2. The van der Waals surface area contributed by atoms with E-state index in [4.69, 9.17) is 5.73 Å². The lowest BCUT2D eigenvalue weighted by Gasteiger charge is -2.09. The van der Waals surface area contributed by atoms with Gasteiger partial charge in [-0.1, -0.05) is 6.07 Å². The summed E-state index contributed by atoms with van der Waals surface area (Å²) in [6.07, 6.45) is 0. The van der Waals surface area contributed by atoms with Crippen molar-refractivity contribution in [3.63, 3.8) is 0 Å². The molecular formula is C9H12BrNO. The monoisotopic (exact) mass is 229 g/mol. The summed E-state index contributed by atoms with van der Waals surface area (Å²) in [4.78, 5) is 0. The summed E-state index contributed by atoms with van der Waals surface area (Å²) in [5, 5.41) is 9.58. The topological polar surface area (TPSA) is 46.2 Å². The van der Waals surface area contributed by atoms with Crippen LogP contribution < -0.4 is 5.73 Å². The highest BCUT2D eigenvalue weighted by Gasteiger charge is 2.08. The van der Waals surface area contributed by atoms with Crippen molar-refractivity contribution < 1.29 is 5.11 Å². The maximum atomic E-state index is 9.58. The average Bonchev–Trinajstić information content (AvgIpc) is 2.08. The fourth-order valence-corrected chi connectivity index (χ4v) is 1.65. The van der Waals surface area contributed by atoms with Gasteiger partial charge in [-0.3, -0.25) is 0 Å². The molecule has 0 aliphatic carbocycles. The first-order chi connectivity index (χ1) is 5.57. The number of benzene rings is 1. The Morgan fingerprint density at radius 1 is 1.50 bits per heavy atom. The summed E-state index contributed by atoms with van der Waals surface area (Å²) in [7, 11) is 0. The number of phenolic OH excluding ortho intramolecular Hbond substituents is 1. The van der Waals surface area contributed by atoms with Crippen LogP contribution in [0.1, 0.15) is 16.7 Å². The number of aromatic hydroxyl groups is 1. The summed E-state index contributed by atoms with van der Waals surface area (Å²) in [5.74, 6) is 0.264. The second kappa shape index (κ2) is 3.46. The van der Waals surface area contributed by atoms with Gasteiger partial charge in [0.05, 0.1) is 4.47 Å². The number of hydrogen-bond acceptors (Lipinski definition) is 2. The summed E-state index contributed by atoms with van der Waals surface area (Å²) in [5.41, 5.74) is 8.44. The maximum absolute atomic E-state index is 9.58. The molecule has 0 saturated carbocycles. The summed E-state index contributed by atoms with van der Waals surface area (Å²) >= 11 is 3.32. The Labute approximate surface area is 80.5 Å². The Hall–Kier alpha value is -0.540. The highest BCUT2D eigenvalue weighted by molar-refractivity contribution is 9.10. The lowest BCUT2D eigenvalue weighted by Crippen LogP contribution is -1.99. The number of rotatable bonds is 1. The zero-order valence-corrected chi connectivity index (χ0v) is 8.77. The smallest absolute Gasteiger partial charge is 0.134 e. The molecule has 12 heavy (non-hydrogen) atoms. The van der Waals surface area contributed by atoms with Gasteiger partial charge in [0.1, 0.15) is 5.75 Å². The third-order valence-corrected chi connectivity index (χ3v) is 3.01. The molecule has 1 aromatic rings. The van der Waals surface area contributed by atoms with Crippen LogP contribution in [0.25, 0.3) is 0 Å². The molecule has 3 N–H and O–H groups in total. The quantitative estimate of drug-likeness (QED) is 0.777. The average molecular weight is 230 g/mol. The number of halogens is 1. The molecule has 1 aromatic carbocycles. The van der Waals surface area contributed by atoms with Gasteiger partial charge < -0.3 is 10.8 Å². The minimum absolute atomic E-state index is 0.264. The van der Waals surface area contributed by atoms with Crippen LogP contribution >= 0.6 is 15.9 Å². The molecular weight excluding hydrogens is 218 g/mol. The highest BCUT2D eigenvalue weighted by Crippen LogP contribution is 2.32. The molecule has 0 fully saturated rings. The Morgan fingerprint density at radius 3 is 2.58 bits per heavy atom. The molecule has 0 amide bonds. The third-order valence-electron chi connectivity index (χ3n) is 2.04. The zero-order chi connectivity index (χ0) is 9.30. The minimum Gasteiger partial charge on any atom is -0.506 e. The first-order valence-corrected chi connectivity index (χ1v) is 4.54. The molecule has 0 aromatic heterocycles. The molecule has 0 aliphatic rings. The third kappa shape index (κ3) is 1.47. The van der Waals surface area contributed by atoms with Crippen LogP contribution in [-0.2, 0) is 6.54 Å². The van der Waals surface area contributed by atoms with E-state index < -0.39 is 0 Å². The summed E-state index contributed by atoms with van der Waals surface area (Å²) in [6.45, 7) is 4.32. The number of nitrogens with two attached hydrogens (primary N) is 1. The first kappa shape index (κ1) is 9.55. The van der Waals surface area contributed by atoms with E-state index in [9.17, 15) is 5.11 Å². The van der Waals surface area contributed by atoms with Gasteiger partial charge in [-0.15, -0.1) is 0 Å². The molecule has 2 nitrogen and oxygen atoms in total. The number of phenols is 1. The van der Waals surface area contributed by atoms with Crippen molar-refractivity contribution in [2.24, 2.45) is 5.73 Å². The van der Waals surface area contributed by atoms with Gasteiger partial charge >= 0.3 is 0 Å². The predicted molar refractivity (Wildman–Crippen MR) is 53.2 cm³/mol. The molecule has 3 heteroatoms. The largest absolute Gasteiger partial charge is 0.506 e. The molecule has 0 heterocycles. The molecule has 0 saturated heterocycles. The van der Waals surface area contributed by atoms with Crippen molar-refractivity contribution in [2.45, 2.75) is 20.4 Å². The molecule has 66 valence electrons. The van der Waals surface area contributed by atoms with E-state index in [1.165, 1.54) is 0 Å². The lowest BCUT2D eigenvalue weighted by molar-refractivity contribution is 0.464. The predicted octanol–water partition coefficient (Wildman–Crippen LogP) is 2.23. The second-order valence-electron chi connectivity index (χ2n) is 2.84. The van der Waals surface area contributed by atoms with E-state index in [0.717, 1.165) is 21.2 Å². The van der Waals surface area contributed by atoms with Crippen LogP contribution in [0.5, 0.6) is 5.75 Å². The van der Waals surface area contributed by atoms with Crippen LogP contribution in [0.2, 0.25) is 0 Å². The minimum atomic E-state index is 0.264. The first-order valence-electron chi connectivity index (χ1n) is 3.75. The van der Waals surface area contributed by atoms with E-state index in [0.29, 0.717) is 6.54 Å².